The van der Waals surface area contributed by atoms with Crippen molar-refractivity contribution in [2.45, 2.75) is 19.4 Å². The van der Waals surface area contributed by atoms with E-state index in [-0.39, 0.29) is 5.91 Å². The van der Waals surface area contributed by atoms with Crippen molar-refractivity contribution < 1.29 is 9.59 Å². The fraction of sp³-hybridized carbons (Fsp3) is 0.250. The van der Waals surface area contributed by atoms with Gasteiger partial charge in [0.25, 0.3) is 5.91 Å². The van der Waals surface area contributed by atoms with Crippen LogP contribution in [0.2, 0.25) is 0 Å². The Morgan fingerprint density at radius 2 is 2.29 bits per heavy atom. The molecule has 0 unspecified atom stereocenters. The summed E-state index contributed by atoms with van der Waals surface area (Å²) in [6.45, 7) is 5.46. The highest BCUT2D eigenvalue weighted by atomic mass is 16.2. The molecule has 2 amide bonds. The van der Waals surface area contributed by atoms with E-state index in [4.69, 9.17) is 5.73 Å². The van der Waals surface area contributed by atoms with Gasteiger partial charge < -0.3 is 11.1 Å². The molecule has 0 saturated heterocycles. The Labute approximate surface area is 99.7 Å². The second-order valence-electron chi connectivity index (χ2n) is 3.83. The third-order valence-electron chi connectivity index (χ3n) is 2.13. The van der Waals surface area contributed by atoms with Crippen LogP contribution < -0.4 is 11.1 Å². The fourth-order valence-corrected chi connectivity index (χ4v) is 1.31. The summed E-state index contributed by atoms with van der Waals surface area (Å²) in [5.41, 5.74) is 6.37. The van der Waals surface area contributed by atoms with E-state index in [1.165, 1.54) is 6.20 Å². The Morgan fingerprint density at radius 1 is 1.59 bits per heavy atom. The van der Waals surface area contributed by atoms with Crippen LogP contribution >= 0.6 is 0 Å². The summed E-state index contributed by atoms with van der Waals surface area (Å²) in [7, 11) is 0. The second kappa shape index (κ2) is 5.79. The van der Waals surface area contributed by atoms with Gasteiger partial charge >= 0.3 is 0 Å². The van der Waals surface area contributed by atoms with E-state index in [0.717, 1.165) is 5.57 Å². The van der Waals surface area contributed by atoms with Gasteiger partial charge in [0.15, 0.2) is 0 Å². The molecule has 0 spiro atoms. The largest absolute Gasteiger partial charge is 0.368 e. The van der Waals surface area contributed by atoms with Crippen molar-refractivity contribution in [1.29, 1.82) is 0 Å². The molecule has 0 aliphatic heterocycles. The maximum atomic E-state index is 11.8. The lowest BCUT2D eigenvalue weighted by molar-refractivity contribution is -0.119. The van der Waals surface area contributed by atoms with Gasteiger partial charge in [0.05, 0.1) is 5.56 Å². The SMILES string of the molecule is C=C(C)C[C@H](NC(=O)c1cccnc1)C(N)=O. The molecular weight excluding hydrogens is 218 g/mol. The predicted molar refractivity (Wildman–Crippen MR) is 64.1 cm³/mol. The number of nitrogens with one attached hydrogen (secondary N) is 1. The average Bonchev–Trinajstić information content (AvgIpc) is 2.28. The van der Waals surface area contributed by atoms with Crippen molar-refractivity contribution in [3.63, 3.8) is 0 Å². The Morgan fingerprint density at radius 3 is 2.76 bits per heavy atom. The Hall–Kier alpha value is -2.17. The summed E-state index contributed by atoms with van der Waals surface area (Å²) in [5, 5.41) is 2.55. The zero-order valence-corrected chi connectivity index (χ0v) is 9.64. The molecule has 0 bridgehead atoms. The molecule has 0 aliphatic carbocycles. The fourth-order valence-electron chi connectivity index (χ4n) is 1.31. The highest BCUT2D eigenvalue weighted by Gasteiger charge is 2.18. The van der Waals surface area contributed by atoms with Gasteiger partial charge in [-0.3, -0.25) is 14.6 Å². The van der Waals surface area contributed by atoms with Crippen LogP contribution in [0.3, 0.4) is 0 Å². The molecule has 1 rings (SSSR count). The van der Waals surface area contributed by atoms with Crippen LogP contribution in [0.1, 0.15) is 23.7 Å². The summed E-state index contributed by atoms with van der Waals surface area (Å²) in [6.07, 6.45) is 3.33. The summed E-state index contributed by atoms with van der Waals surface area (Å²) in [4.78, 5) is 26.7. The number of carbonyl (C=O) groups excluding carboxylic acids is 2. The summed E-state index contributed by atoms with van der Waals surface area (Å²) < 4.78 is 0. The molecule has 5 heteroatoms. The van der Waals surface area contributed by atoms with Gasteiger partial charge in [-0.2, -0.15) is 0 Å². The second-order valence-corrected chi connectivity index (χ2v) is 3.83. The first kappa shape index (κ1) is 12.9. The Kier molecular flexibility index (Phi) is 4.39. The first-order valence-electron chi connectivity index (χ1n) is 5.15. The standard InChI is InChI=1S/C12H15N3O2/c1-8(2)6-10(11(13)16)15-12(17)9-4-3-5-14-7-9/h3-5,7,10H,1,6H2,2H3,(H2,13,16)(H,15,17)/t10-/m0/s1. The van der Waals surface area contributed by atoms with E-state index in [1.54, 1.807) is 25.3 Å². The summed E-state index contributed by atoms with van der Waals surface area (Å²) in [5.74, 6) is -0.951. The summed E-state index contributed by atoms with van der Waals surface area (Å²) in [6, 6.07) is 2.52. The highest BCUT2D eigenvalue weighted by Crippen LogP contribution is 2.03. The van der Waals surface area contributed by atoms with Gasteiger partial charge in [-0.25, -0.2) is 0 Å². The van der Waals surface area contributed by atoms with Crippen molar-refractivity contribution in [3.8, 4) is 0 Å². The highest BCUT2D eigenvalue weighted by molar-refractivity contribution is 5.97. The van der Waals surface area contributed by atoms with Gasteiger partial charge in [-0.15, -0.1) is 6.58 Å². The van der Waals surface area contributed by atoms with Crippen molar-refractivity contribution in [2.75, 3.05) is 0 Å². The summed E-state index contributed by atoms with van der Waals surface area (Å²) >= 11 is 0. The Balaban J connectivity index is 2.71. The minimum atomic E-state index is -0.736. The van der Waals surface area contributed by atoms with E-state index in [9.17, 15) is 9.59 Å². The molecule has 5 nitrogen and oxygen atoms in total. The van der Waals surface area contributed by atoms with Crippen LogP contribution in [-0.2, 0) is 4.79 Å². The number of nitrogens with zero attached hydrogens (tertiary/aromatic N) is 1. The van der Waals surface area contributed by atoms with Gasteiger partial charge in [-0.05, 0) is 25.5 Å². The van der Waals surface area contributed by atoms with Crippen LogP contribution in [0, 0.1) is 0 Å². The normalized spacial score (nSPS) is 11.6. The van der Waals surface area contributed by atoms with Gasteiger partial charge in [0.2, 0.25) is 5.91 Å². The lowest BCUT2D eigenvalue weighted by Crippen LogP contribution is -2.44. The molecule has 0 saturated carbocycles. The van der Waals surface area contributed by atoms with Crippen LogP contribution in [-0.4, -0.2) is 22.8 Å². The molecular formula is C12H15N3O2. The monoisotopic (exact) mass is 233 g/mol. The average molecular weight is 233 g/mol. The third-order valence-corrected chi connectivity index (χ3v) is 2.13. The lowest BCUT2D eigenvalue weighted by Gasteiger charge is -2.15. The number of hydrogen-bond acceptors (Lipinski definition) is 3. The molecule has 17 heavy (non-hydrogen) atoms. The van der Waals surface area contributed by atoms with E-state index in [0.29, 0.717) is 12.0 Å². The Bertz CT molecular complexity index is 429. The number of primary amides is 1. The first-order chi connectivity index (χ1) is 8.00. The number of nitrogens with two attached hydrogens (primary N) is 1. The van der Waals surface area contributed by atoms with Crippen LogP contribution in [0.5, 0.6) is 0 Å². The molecule has 0 aliphatic rings. The maximum absolute atomic E-state index is 11.8. The molecule has 3 N–H and O–H groups in total. The number of hydrogen-bond donors (Lipinski definition) is 2. The molecule has 1 aromatic rings. The molecule has 90 valence electrons. The van der Waals surface area contributed by atoms with Crippen LogP contribution in [0.4, 0.5) is 0 Å². The minimum Gasteiger partial charge on any atom is -0.368 e. The first-order valence-corrected chi connectivity index (χ1v) is 5.15. The van der Waals surface area contributed by atoms with Gasteiger partial charge in [0.1, 0.15) is 6.04 Å². The molecule has 0 aromatic carbocycles. The van der Waals surface area contributed by atoms with Crippen molar-refractivity contribution >= 4 is 11.8 Å². The number of carbonyl (C=O) groups is 2. The zero-order chi connectivity index (χ0) is 12.8. The number of aromatic nitrogens is 1. The topological polar surface area (TPSA) is 85.1 Å². The van der Waals surface area contributed by atoms with E-state index in [1.807, 2.05) is 0 Å². The molecule has 1 heterocycles. The lowest BCUT2D eigenvalue weighted by atomic mass is 10.1. The van der Waals surface area contributed by atoms with Crippen molar-refractivity contribution in [2.24, 2.45) is 5.73 Å². The zero-order valence-electron chi connectivity index (χ0n) is 9.64. The van der Waals surface area contributed by atoms with Crippen LogP contribution in [0.25, 0.3) is 0 Å². The quantitative estimate of drug-likeness (QED) is 0.731. The van der Waals surface area contributed by atoms with E-state index >= 15 is 0 Å². The van der Waals surface area contributed by atoms with E-state index < -0.39 is 11.9 Å². The third kappa shape index (κ3) is 4.06. The van der Waals surface area contributed by atoms with Gasteiger partial charge in [0, 0.05) is 12.4 Å². The molecule has 1 aromatic heterocycles. The van der Waals surface area contributed by atoms with Crippen LogP contribution in [0.15, 0.2) is 36.7 Å². The number of amides is 2. The molecule has 1 atom stereocenters. The molecule has 0 radical (unpaired) electrons. The number of rotatable bonds is 5. The minimum absolute atomic E-state index is 0.335. The van der Waals surface area contributed by atoms with Gasteiger partial charge in [-0.1, -0.05) is 5.57 Å². The smallest absolute Gasteiger partial charge is 0.253 e. The van der Waals surface area contributed by atoms with E-state index in [2.05, 4.69) is 16.9 Å². The predicted octanol–water partition coefficient (Wildman–Crippen LogP) is 0.631. The van der Waals surface area contributed by atoms with Crippen molar-refractivity contribution in [1.82, 2.24) is 10.3 Å². The van der Waals surface area contributed by atoms with Crippen molar-refractivity contribution in [3.05, 3.63) is 42.2 Å². The number of pyridine rings is 1. The molecule has 0 fully saturated rings. The maximum Gasteiger partial charge on any atom is 0.253 e.